The van der Waals surface area contributed by atoms with Gasteiger partial charge in [-0.25, -0.2) is 10.9 Å². The van der Waals surface area contributed by atoms with Crippen LogP contribution in [0.15, 0.2) is 79.8 Å². The fourth-order valence-electron chi connectivity index (χ4n) is 2.72. The minimum atomic E-state index is -0.414. The van der Waals surface area contributed by atoms with Crippen molar-refractivity contribution in [3.8, 4) is 11.5 Å². The molecule has 3 aromatic carbocycles. The van der Waals surface area contributed by atoms with Crippen LogP contribution in [0.2, 0.25) is 0 Å². The van der Waals surface area contributed by atoms with E-state index >= 15 is 0 Å². The second-order valence-electron chi connectivity index (χ2n) is 6.75. The van der Waals surface area contributed by atoms with Crippen molar-refractivity contribution in [2.75, 3.05) is 14.2 Å². The minimum Gasteiger partial charge on any atom is -0.497 e. The van der Waals surface area contributed by atoms with E-state index in [1.807, 2.05) is 12.1 Å². The molecule has 0 saturated carbocycles. The molecular formula is C24H20Br2N4O4. The summed E-state index contributed by atoms with van der Waals surface area (Å²) in [7, 11) is 3.14. The highest BCUT2D eigenvalue weighted by Crippen LogP contribution is 2.21. The zero-order valence-corrected chi connectivity index (χ0v) is 21.4. The summed E-state index contributed by atoms with van der Waals surface area (Å²) in [4.78, 5) is 24.7. The smallest absolute Gasteiger partial charge is 0.271 e. The van der Waals surface area contributed by atoms with Crippen LogP contribution in [0, 0.1) is 0 Å². The number of methoxy groups -OCH3 is 2. The summed E-state index contributed by atoms with van der Waals surface area (Å²) in [6, 6.07) is 16.9. The predicted octanol–water partition coefficient (Wildman–Crippen LogP) is 4.76. The summed E-state index contributed by atoms with van der Waals surface area (Å²) in [5.74, 6) is 0.516. The molecule has 0 fully saturated rings. The van der Waals surface area contributed by atoms with E-state index in [0.717, 1.165) is 20.1 Å². The molecule has 0 aromatic heterocycles. The third-order valence-corrected chi connectivity index (χ3v) is 6.00. The quantitative estimate of drug-likeness (QED) is 0.293. The zero-order chi connectivity index (χ0) is 24.5. The molecule has 2 amide bonds. The summed E-state index contributed by atoms with van der Waals surface area (Å²) >= 11 is 6.84. The van der Waals surface area contributed by atoms with Gasteiger partial charge in [0.1, 0.15) is 11.5 Å². The third kappa shape index (κ3) is 6.75. The summed E-state index contributed by atoms with van der Waals surface area (Å²) in [6.45, 7) is 0. The van der Waals surface area contributed by atoms with E-state index in [1.165, 1.54) is 36.7 Å². The Balaban J connectivity index is 1.58. The average molecular weight is 588 g/mol. The topological polar surface area (TPSA) is 101 Å². The minimum absolute atomic E-state index is 0.349. The number of nitrogens with zero attached hydrogens (tertiary/aromatic N) is 2. The van der Waals surface area contributed by atoms with Gasteiger partial charge in [0.15, 0.2) is 0 Å². The Morgan fingerprint density at radius 1 is 0.706 bits per heavy atom. The van der Waals surface area contributed by atoms with Crippen LogP contribution in [0.3, 0.4) is 0 Å². The van der Waals surface area contributed by atoms with Crippen molar-refractivity contribution >= 4 is 56.1 Å². The van der Waals surface area contributed by atoms with Crippen molar-refractivity contribution in [2.24, 2.45) is 10.2 Å². The Bertz CT molecular complexity index is 1150. The lowest BCUT2D eigenvalue weighted by Gasteiger charge is -2.05. The van der Waals surface area contributed by atoms with Gasteiger partial charge in [0, 0.05) is 31.2 Å². The molecule has 0 heterocycles. The van der Waals surface area contributed by atoms with Crippen LogP contribution in [-0.2, 0) is 0 Å². The van der Waals surface area contributed by atoms with Crippen LogP contribution in [0.4, 0.5) is 0 Å². The first-order valence-electron chi connectivity index (χ1n) is 9.85. The van der Waals surface area contributed by atoms with Crippen molar-refractivity contribution < 1.29 is 19.1 Å². The first-order valence-corrected chi connectivity index (χ1v) is 11.4. The lowest BCUT2D eigenvalue weighted by atomic mass is 10.1. The highest BCUT2D eigenvalue weighted by Gasteiger charge is 2.08. The maximum Gasteiger partial charge on any atom is 0.271 e. The van der Waals surface area contributed by atoms with E-state index in [4.69, 9.17) is 9.47 Å². The van der Waals surface area contributed by atoms with E-state index in [-0.39, 0.29) is 0 Å². The second kappa shape index (κ2) is 12.1. The van der Waals surface area contributed by atoms with Crippen LogP contribution >= 0.6 is 31.9 Å². The molecule has 0 atom stereocenters. The first kappa shape index (κ1) is 25.1. The third-order valence-electron chi connectivity index (χ3n) is 4.56. The zero-order valence-electron chi connectivity index (χ0n) is 18.2. The number of halogens is 2. The molecule has 0 unspecified atom stereocenters. The number of hydrogen-bond donors (Lipinski definition) is 2. The van der Waals surface area contributed by atoms with Gasteiger partial charge in [-0.3, -0.25) is 9.59 Å². The number of carbonyl (C=O) groups excluding carboxylic acids is 2. The molecule has 8 nitrogen and oxygen atoms in total. The molecular weight excluding hydrogens is 568 g/mol. The molecule has 3 rings (SSSR count). The fraction of sp³-hybridized carbons (Fsp3) is 0.0833. The van der Waals surface area contributed by atoms with Crippen LogP contribution in [0.1, 0.15) is 31.8 Å². The monoisotopic (exact) mass is 586 g/mol. The Morgan fingerprint density at radius 3 is 1.44 bits per heavy atom. The van der Waals surface area contributed by atoms with Crippen molar-refractivity contribution in [3.05, 3.63) is 91.9 Å². The number of amides is 2. The van der Waals surface area contributed by atoms with E-state index in [1.54, 1.807) is 38.5 Å². The lowest BCUT2D eigenvalue weighted by molar-refractivity contribution is 0.0943. The summed E-state index contributed by atoms with van der Waals surface area (Å²) in [6.07, 6.45) is 3.01. The maximum atomic E-state index is 12.3. The summed E-state index contributed by atoms with van der Waals surface area (Å²) in [5, 5.41) is 7.96. The Kier molecular flexibility index (Phi) is 8.94. The van der Waals surface area contributed by atoms with Gasteiger partial charge in [0.25, 0.3) is 11.8 Å². The van der Waals surface area contributed by atoms with Gasteiger partial charge in [-0.05, 0) is 60.7 Å². The molecule has 0 radical (unpaired) electrons. The summed E-state index contributed by atoms with van der Waals surface area (Å²) < 4.78 is 12.0. The standard InChI is InChI=1S/C24H20Br2N4O4/c1-33-19-7-9-21(25)17(11-19)13-27-29-23(31)15-3-5-16(6-4-15)24(32)30-28-14-18-12-20(34-2)8-10-22(18)26/h3-14H,1-2H3,(H,29,31)(H,30,32). The van der Waals surface area contributed by atoms with Crippen LogP contribution in [-0.4, -0.2) is 38.5 Å². The van der Waals surface area contributed by atoms with Gasteiger partial charge in [-0.15, -0.1) is 0 Å². The Morgan fingerprint density at radius 2 is 1.09 bits per heavy atom. The van der Waals surface area contributed by atoms with Crippen LogP contribution in [0.25, 0.3) is 0 Å². The molecule has 0 aliphatic carbocycles. The van der Waals surface area contributed by atoms with Gasteiger partial charge in [-0.1, -0.05) is 31.9 Å². The Labute approximate surface area is 213 Å². The molecule has 0 saturated heterocycles. The first-order chi connectivity index (χ1) is 16.4. The fourth-order valence-corrected chi connectivity index (χ4v) is 3.42. The van der Waals surface area contributed by atoms with Crippen molar-refractivity contribution in [2.45, 2.75) is 0 Å². The molecule has 0 aliphatic rings. The molecule has 10 heteroatoms. The maximum absolute atomic E-state index is 12.3. The van der Waals surface area contributed by atoms with E-state index in [2.05, 4.69) is 52.9 Å². The number of carbonyl (C=O) groups is 2. The van der Waals surface area contributed by atoms with Gasteiger partial charge in [-0.2, -0.15) is 10.2 Å². The highest BCUT2D eigenvalue weighted by molar-refractivity contribution is 9.10. The molecule has 2 N–H and O–H groups in total. The van der Waals surface area contributed by atoms with Crippen molar-refractivity contribution in [3.63, 3.8) is 0 Å². The number of benzene rings is 3. The van der Waals surface area contributed by atoms with Gasteiger partial charge >= 0.3 is 0 Å². The Hall–Kier alpha value is -3.50. The highest BCUT2D eigenvalue weighted by atomic mass is 79.9. The van der Waals surface area contributed by atoms with Crippen LogP contribution < -0.4 is 20.3 Å². The molecule has 0 spiro atoms. The lowest BCUT2D eigenvalue weighted by Crippen LogP contribution is -2.19. The predicted molar refractivity (Wildman–Crippen MR) is 138 cm³/mol. The SMILES string of the molecule is COc1ccc(Br)c(C=NNC(=O)c2ccc(C(=O)NN=Cc3cc(OC)ccc3Br)cc2)c1. The van der Waals surface area contributed by atoms with E-state index in [0.29, 0.717) is 22.6 Å². The van der Waals surface area contributed by atoms with Gasteiger partial charge < -0.3 is 9.47 Å². The number of rotatable bonds is 8. The number of hydrogen-bond acceptors (Lipinski definition) is 6. The van der Waals surface area contributed by atoms with E-state index < -0.39 is 11.8 Å². The number of hydrazone groups is 2. The second-order valence-corrected chi connectivity index (χ2v) is 8.46. The van der Waals surface area contributed by atoms with Gasteiger partial charge in [0.05, 0.1) is 26.6 Å². The van der Waals surface area contributed by atoms with E-state index in [9.17, 15) is 9.59 Å². The molecule has 3 aromatic rings. The summed E-state index contributed by atoms with van der Waals surface area (Å²) in [5.41, 5.74) is 7.10. The molecule has 34 heavy (non-hydrogen) atoms. The average Bonchev–Trinajstić information content (AvgIpc) is 2.86. The molecule has 0 aliphatic heterocycles. The number of nitrogens with one attached hydrogen (secondary N) is 2. The normalized spacial score (nSPS) is 10.9. The molecule has 0 bridgehead atoms. The molecule has 174 valence electrons. The van der Waals surface area contributed by atoms with Crippen molar-refractivity contribution in [1.82, 2.24) is 10.9 Å². The van der Waals surface area contributed by atoms with Gasteiger partial charge in [0.2, 0.25) is 0 Å². The largest absolute Gasteiger partial charge is 0.497 e. The van der Waals surface area contributed by atoms with Crippen LogP contribution in [0.5, 0.6) is 11.5 Å². The van der Waals surface area contributed by atoms with Crippen molar-refractivity contribution in [1.29, 1.82) is 0 Å². The number of ether oxygens (including phenoxy) is 2.